The van der Waals surface area contributed by atoms with Crippen molar-refractivity contribution < 1.29 is 33.0 Å². The first kappa shape index (κ1) is 20.3. The zero-order valence-corrected chi connectivity index (χ0v) is 15.3. The van der Waals surface area contributed by atoms with Crippen LogP contribution in [0, 0.1) is 0 Å². The number of nitrogens with zero attached hydrogens (tertiary/aromatic N) is 2. The van der Waals surface area contributed by atoms with E-state index in [4.69, 9.17) is 13.9 Å². The van der Waals surface area contributed by atoms with Gasteiger partial charge in [0, 0.05) is 0 Å². The summed E-state index contributed by atoms with van der Waals surface area (Å²) < 4.78 is 19.9. The van der Waals surface area contributed by atoms with Gasteiger partial charge in [-0.15, -0.1) is 5.01 Å². The van der Waals surface area contributed by atoms with Gasteiger partial charge in [-0.05, 0) is 41.5 Å². The fourth-order valence-electron chi connectivity index (χ4n) is 1.43. The van der Waals surface area contributed by atoms with Crippen LogP contribution in [0.1, 0.15) is 52.1 Å². The number of nitrogens with one attached hydrogen (secondary N) is 1. The highest BCUT2D eigenvalue weighted by atomic mass is 16.6. The number of ether oxygens (including phenoxy) is 3. The van der Waals surface area contributed by atoms with Crippen LogP contribution in [0.4, 0.5) is 15.6 Å². The van der Waals surface area contributed by atoms with Crippen LogP contribution in [0.15, 0.2) is 10.6 Å². The third-order valence-corrected chi connectivity index (χ3v) is 2.25. The number of anilines is 1. The predicted octanol–water partition coefficient (Wildman–Crippen LogP) is 2.64. The van der Waals surface area contributed by atoms with Crippen LogP contribution in [-0.2, 0) is 14.2 Å². The maximum absolute atomic E-state index is 12.3. The van der Waals surface area contributed by atoms with Gasteiger partial charge in [0.2, 0.25) is 5.76 Å². The van der Waals surface area contributed by atoms with Gasteiger partial charge in [-0.2, -0.15) is 4.98 Å². The van der Waals surface area contributed by atoms with Gasteiger partial charge in [-0.25, -0.2) is 19.8 Å². The van der Waals surface area contributed by atoms with E-state index < -0.39 is 29.4 Å². The molecule has 10 nitrogen and oxygen atoms in total. The number of rotatable bonds is 2. The Bertz CT molecular complexity index is 640. The predicted molar refractivity (Wildman–Crippen MR) is 85.9 cm³/mol. The van der Waals surface area contributed by atoms with Crippen molar-refractivity contribution in [3.8, 4) is 0 Å². The molecule has 1 aromatic rings. The van der Waals surface area contributed by atoms with Gasteiger partial charge < -0.3 is 18.6 Å². The van der Waals surface area contributed by atoms with Crippen molar-refractivity contribution in [1.29, 1.82) is 0 Å². The third-order valence-electron chi connectivity index (χ3n) is 2.25. The molecule has 0 bridgehead atoms. The van der Waals surface area contributed by atoms with E-state index in [1.165, 1.54) is 0 Å². The summed E-state index contributed by atoms with van der Waals surface area (Å²) in [6.07, 6.45) is -0.859. The number of oxazole rings is 1. The summed E-state index contributed by atoms with van der Waals surface area (Å²) in [7, 11) is 1.16. The lowest BCUT2D eigenvalue weighted by molar-refractivity contribution is 0.0414. The Morgan fingerprint density at radius 2 is 1.64 bits per heavy atom. The van der Waals surface area contributed by atoms with Crippen LogP contribution in [0.5, 0.6) is 0 Å². The zero-order chi connectivity index (χ0) is 19.4. The highest BCUT2D eigenvalue weighted by Crippen LogP contribution is 2.18. The van der Waals surface area contributed by atoms with E-state index in [-0.39, 0.29) is 11.8 Å². The Morgan fingerprint density at radius 1 is 1.08 bits per heavy atom. The summed E-state index contributed by atoms with van der Waals surface area (Å²) in [4.78, 5) is 39.5. The maximum atomic E-state index is 12.3. The van der Waals surface area contributed by atoms with Crippen molar-refractivity contribution in [2.45, 2.75) is 52.7 Å². The molecule has 0 radical (unpaired) electrons. The Balaban J connectivity index is 3.06. The first-order chi connectivity index (χ1) is 11.3. The lowest BCUT2D eigenvalue weighted by Crippen LogP contribution is -2.50. The Kier molecular flexibility index (Phi) is 6.01. The van der Waals surface area contributed by atoms with E-state index >= 15 is 0 Å². The molecule has 1 heterocycles. The van der Waals surface area contributed by atoms with Gasteiger partial charge in [0.25, 0.3) is 0 Å². The van der Waals surface area contributed by atoms with Crippen molar-refractivity contribution in [1.82, 2.24) is 10.4 Å². The quantitative estimate of drug-likeness (QED) is 0.487. The lowest BCUT2D eigenvalue weighted by atomic mass is 10.2. The van der Waals surface area contributed by atoms with Crippen LogP contribution >= 0.6 is 0 Å². The molecular weight excluding hydrogens is 334 g/mol. The SMILES string of the molecule is COC(=O)c1cnc(N(NC(=O)OC(C)(C)C)C(=O)OC(C)(C)C)o1. The molecule has 1 rings (SSSR count). The van der Waals surface area contributed by atoms with Gasteiger partial charge in [0.05, 0.1) is 13.3 Å². The average Bonchev–Trinajstić information content (AvgIpc) is 2.89. The second-order valence-electron chi connectivity index (χ2n) is 6.93. The molecule has 0 atom stereocenters. The summed E-state index contributed by atoms with van der Waals surface area (Å²) in [6, 6.07) is -0.388. The summed E-state index contributed by atoms with van der Waals surface area (Å²) in [6.45, 7) is 9.91. The monoisotopic (exact) mass is 357 g/mol. The number of hydrogen-bond acceptors (Lipinski definition) is 8. The topological polar surface area (TPSA) is 120 Å². The number of hydrogen-bond donors (Lipinski definition) is 1. The smallest absolute Gasteiger partial charge is 0.438 e. The first-order valence-electron chi connectivity index (χ1n) is 7.39. The van der Waals surface area contributed by atoms with Crippen LogP contribution in [0.25, 0.3) is 0 Å². The molecule has 0 saturated heterocycles. The molecule has 140 valence electrons. The minimum absolute atomic E-state index is 0.253. The van der Waals surface area contributed by atoms with Crippen molar-refractivity contribution in [3.05, 3.63) is 12.0 Å². The number of methoxy groups -OCH3 is 1. The molecule has 1 N–H and O–H groups in total. The molecule has 0 saturated carbocycles. The van der Waals surface area contributed by atoms with E-state index in [1.807, 2.05) is 0 Å². The Morgan fingerprint density at radius 3 is 2.12 bits per heavy atom. The van der Waals surface area contributed by atoms with E-state index in [0.29, 0.717) is 5.01 Å². The van der Waals surface area contributed by atoms with Gasteiger partial charge in [0.15, 0.2) is 0 Å². The molecule has 1 aromatic heterocycles. The zero-order valence-electron chi connectivity index (χ0n) is 15.3. The Hall–Kier alpha value is -2.78. The van der Waals surface area contributed by atoms with Gasteiger partial charge in [-0.1, -0.05) is 0 Å². The number of amides is 2. The fourth-order valence-corrected chi connectivity index (χ4v) is 1.43. The molecule has 0 aliphatic heterocycles. The van der Waals surface area contributed by atoms with E-state index in [2.05, 4.69) is 15.1 Å². The van der Waals surface area contributed by atoms with Crippen LogP contribution < -0.4 is 10.4 Å². The molecule has 0 aliphatic rings. The van der Waals surface area contributed by atoms with E-state index in [1.54, 1.807) is 41.5 Å². The highest BCUT2D eigenvalue weighted by Gasteiger charge is 2.31. The maximum Gasteiger partial charge on any atom is 0.438 e. The Labute approximate surface area is 145 Å². The molecule has 2 amide bonds. The molecular formula is C15H23N3O7. The minimum atomic E-state index is -0.975. The summed E-state index contributed by atoms with van der Waals surface area (Å²) in [5.41, 5.74) is 0.533. The second-order valence-corrected chi connectivity index (χ2v) is 6.93. The standard InChI is InChI=1S/C15H23N3O7/c1-14(2,3)24-12(20)17-18(13(21)25-15(4,5)6)11-16-8-9(23-11)10(19)22-7/h8H,1-7H3,(H,17,20). The number of aromatic nitrogens is 1. The van der Waals surface area contributed by atoms with Crippen LogP contribution in [-0.4, -0.2) is 41.5 Å². The summed E-state index contributed by atoms with van der Waals surface area (Å²) >= 11 is 0. The summed E-state index contributed by atoms with van der Waals surface area (Å²) in [5.74, 6) is -1.04. The average molecular weight is 357 g/mol. The molecule has 0 spiro atoms. The molecule has 25 heavy (non-hydrogen) atoms. The van der Waals surface area contributed by atoms with E-state index in [9.17, 15) is 14.4 Å². The normalized spacial score (nSPS) is 11.5. The van der Waals surface area contributed by atoms with Gasteiger partial charge >= 0.3 is 24.2 Å². The van der Waals surface area contributed by atoms with Crippen molar-refractivity contribution in [2.75, 3.05) is 12.1 Å². The summed E-state index contributed by atoms with van der Waals surface area (Å²) in [5, 5.41) is 0.603. The van der Waals surface area contributed by atoms with Crippen LogP contribution in [0.2, 0.25) is 0 Å². The number of hydrazine groups is 1. The largest absolute Gasteiger partial charge is 0.463 e. The highest BCUT2D eigenvalue weighted by molar-refractivity contribution is 5.90. The van der Waals surface area contributed by atoms with Gasteiger partial charge in [-0.3, -0.25) is 0 Å². The molecule has 0 fully saturated rings. The molecule has 10 heteroatoms. The molecule has 0 unspecified atom stereocenters. The van der Waals surface area contributed by atoms with Crippen molar-refractivity contribution >= 4 is 24.2 Å². The first-order valence-corrected chi connectivity index (χ1v) is 7.39. The van der Waals surface area contributed by atoms with Crippen molar-refractivity contribution in [3.63, 3.8) is 0 Å². The van der Waals surface area contributed by atoms with Crippen LogP contribution in [0.3, 0.4) is 0 Å². The molecule has 0 aliphatic carbocycles. The van der Waals surface area contributed by atoms with Crippen molar-refractivity contribution in [2.24, 2.45) is 0 Å². The third kappa shape index (κ3) is 6.69. The fraction of sp³-hybridized carbons (Fsp3) is 0.600. The molecule has 0 aromatic carbocycles. The number of carbonyl (C=O) groups is 3. The lowest BCUT2D eigenvalue weighted by Gasteiger charge is -2.26. The van der Waals surface area contributed by atoms with E-state index in [0.717, 1.165) is 13.3 Å². The number of esters is 1. The van der Waals surface area contributed by atoms with Gasteiger partial charge in [0.1, 0.15) is 11.2 Å². The second kappa shape index (κ2) is 7.41. The number of carbonyl (C=O) groups excluding carboxylic acids is 3. The minimum Gasteiger partial charge on any atom is -0.463 e.